The molecule has 1 atom stereocenters. The molecule has 0 amide bonds. The third-order valence-corrected chi connectivity index (χ3v) is 3.47. The van der Waals surface area contributed by atoms with Gasteiger partial charge in [0.25, 0.3) is 0 Å². The van der Waals surface area contributed by atoms with Gasteiger partial charge in [0.2, 0.25) is 0 Å². The lowest BCUT2D eigenvalue weighted by Gasteiger charge is -2.15. The zero-order valence-corrected chi connectivity index (χ0v) is 12.5. The van der Waals surface area contributed by atoms with Crippen molar-refractivity contribution in [1.82, 2.24) is 5.32 Å². The summed E-state index contributed by atoms with van der Waals surface area (Å²) in [6, 6.07) is 13.0. The van der Waals surface area contributed by atoms with Crippen LogP contribution in [-0.4, -0.2) is 26.9 Å². The van der Waals surface area contributed by atoms with E-state index >= 15 is 0 Å². The molecule has 0 saturated heterocycles. The average molecular weight is 273 g/mol. The summed E-state index contributed by atoms with van der Waals surface area (Å²) in [4.78, 5) is 0. The lowest BCUT2D eigenvalue weighted by molar-refractivity contribution is 0.147. The predicted molar refractivity (Wildman–Crippen MR) is 83.4 cm³/mol. The van der Waals surface area contributed by atoms with Crippen LogP contribution < -0.4 is 10.1 Å². The van der Waals surface area contributed by atoms with E-state index in [0.717, 1.165) is 25.5 Å². The van der Waals surface area contributed by atoms with Crippen LogP contribution in [0.15, 0.2) is 36.4 Å². The molecule has 3 heteroatoms. The molecular formula is C17H23NO2. The minimum atomic E-state index is 0.321. The summed E-state index contributed by atoms with van der Waals surface area (Å²) < 4.78 is 10.6. The van der Waals surface area contributed by atoms with Crippen molar-refractivity contribution in [3.05, 3.63) is 42.0 Å². The van der Waals surface area contributed by atoms with Gasteiger partial charge in [0, 0.05) is 19.2 Å². The van der Waals surface area contributed by atoms with Crippen molar-refractivity contribution in [2.45, 2.75) is 19.9 Å². The Labute approximate surface area is 120 Å². The summed E-state index contributed by atoms with van der Waals surface area (Å²) in [7, 11) is 1.69. The van der Waals surface area contributed by atoms with Crippen LogP contribution in [0.4, 0.5) is 0 Å². The van der Waals surface area contributed by atoms with Crippen LogP contribution in [0, 0.1) is 0 Å². The van der Waals surface area contributed by atoms with E-state index in [9.17, 15) is 0 Å². The number of methoxy groups -OCH3 is 1. The smallest absolute Gasteiger partial charge is 0.119 e. The molecule has 2 aromatic carbocycles. The number of ether oxygens (including phenoxy) is 2. The molecule has 0 radical (unpaired) electrons. The normalized spacial score (nSPS) is 12.6. The maximum absolute atomic E-state index is 5.34. The van der Waals surface area contributed by atoms with Gasteiger partial charge in [0.15, 0.2) is 0 Å². The van der Waals surface area contributed by atoms with Crippen LogP contribution in [0.2, 0.25) is 0 Å². The van der Waals surface area contributed by atoms with E-state index < -0.39 is 0 Å². The molecule has 1 unspecified atom stereocenters. The lowest BCUT2D eigenvalue weighted by atomic mass is 10.0. The molecule has 1 N–H and O–H groups in total. The highest BCUT2D eigenvalue weighted by atomic mass is 16.5. The molecule has 0 saturated carbocycles. The SMILES string of the molecule is CCOCCNC(C)c1ccc2cc(OC)ccc2c1. The van der Waals surface area contributed by atoms with Gasteiger partial charge in [-0.25, -0.2) is 0 Å². The van der Waals surface area contributed by atoms with E-state index in [-0.39, 0.29) is 0 Å². The van der Waals surface area contributed by atoms with E-state index in [2.05, 4.69) is 42.6 Å². The van der Waals surface area contributed by atoms with Gasteiger partial charge in [0.1, 0.15) is 5.75 Å². The Morgan fingerprint density at radius 3 is 2.60 bits per heavy atom. The Balaban J connectivity index is 2.07. The molecular weight excluding hydrogens is 250 g/mol. The van der Waals surface area contributed by atoms with Gasteiger partial charge in [-0.1, -0.05) is 18.2 Å². The minimum absolute atomic E-state index is 0.321. The van der Waals surface area contributed by atoms with Gasteiger partial charge in [-0.15, -0.1) is 0 Å². The monoisotopic (exact) mass is 273 g/mol. The van der Waals surface area contributed by atoms with Gasteiger partial charge in [-0.3, -0.25) is 0 Å². The lowest BCUT2D eigenvalue weighted by Crippen LogP contribution is -2.23. The second-order valence-electron chi connectivity index (χ2n) is 4.85. The molecule has 108 valence electrons. The first-order valence-corrected chi connectivity index (χ1v) is 7.13. The van der Waals surface area contributed by atoms with Gasteiger partial charge >= 0.3 is 0 Å². The van der Waals surface area contributed by atoms with Gasteiger partial charge in [-0.2, -0.15) is 0 Å². The van der Waals surface area contributed by atoms with Gasteiger partial charge in [-0.05, 0) is 48.4 Å². The molecule has 0 aliphatic heterocycles. The first-order chi connectivity index (χ1) is 9.74. The zero-order chi connectivity index (χ0) is 14.4. The second-order valence-corrected chi connectivity index (χ2v) is 4.85. The number of fused-ring (bicyclic) bond motifs is 1. The number of hydrogen-bond donors (Lipinski definition) is 1. The first kappa shape index (κ1) is 14.8. The molecule has 2 rings (SSSR count). The summed E-state index contributed by atoms with van der Waals surface area (Å²) in [5.41, 5.74) is 1.29. The van der Waals surface area contributed by atoms with Crippen LogP contribution in [0.3, 0.4) is 0 Å². The van der Waals surface area contributed by atoms with Crippen molar-refractivity contribution < 1.29 is 9.47 Å². The Kier molecular flexibility index (Phi) is 5.39. The highest BCUT2D eigenvalue weighted by Crippen LogP contribution is 2.24. The summed E-state index contributed by atoms with van der Waals surface area (Å²) in [5.74, 6) is 0.896. The Morgan fingerprint density at radius 1 is 1.10 bits per heavy atom. The van der Waals surface area contributed by atoms with Crippen LogP contribution in [0.1, 0.15) is 25.5 Å². The quantitative estimate of drug-likeness (QED) is 0.783. The van der Waals surface area contributed by atoms with Crippen LogP contribution >= 0.6 is 0 Å². The highest BCUT2D eigenvalue weighted by molar-refractivity contribution is 5.84. The fraction of sp³-hybridized carbons (Fsp3) is 0.412. The van der Waals surface area contributed by atoms with E-state index in [1.54, 1.807) is 7.11 Å². The molecule has 0 aromatic heterocycles. The van der Waals surface area contributed by atoms with Crippen LogP contribution in [-0.2, 0) is 4.74 Å². The Bertz CT molecular complexity index is 554. The molecule has 0 aliphatic rings. The fourth-order valence-corrected chi connectivity index (χ4v) is 2.25. The summed E-state index contributed by atoms with van der Waals surface area (Å²) in [6.45, 7) is 6.59. The maximum Gasteiger partial charge on any atom is 0.119 e. The van der Waals surface area contributed by atoms with E-state index in [1.807, 2.05) is 13.0 Å². The average Bonchev–Trinajstić information content (AvgIpc) is 2.50. The minimum Gasteiger partial charge on any atom is -0.497 e. The van der Waals surface area contributed by atoms with Crippen LogP contribution in [0.25, 0.3) is 10.8 Å². The largest absolute Gasteiger partial charge is 0.497 e. The number of rotatable bonds is 7. The molecule has 20 heavy (non-hydrogen) atoms. The molecule has 0 fully saturated rings. The van der Waals surface area contributed by atoms with Crippen molar-refractivity contribution in [2.24, 2.45) is 0 Å². The number of benzene rings is 2. The maximum atomic E-state index is 5.34. The summed E-state index contributed by atoms with van der Waals surface area (Å²) in [6.07, 6.45) is 0. The van der Waals surface area contributed by atoms with Crippen molar-refractivity contribution >= 4 is 10.8 Å². The van der Waals surface area contributed by atoms with Crippen LogP contribution in [0.5, 0.6) is 5.75 Å². The predicted octanol–water partition coefficient (Wildman–Crippen LogP) is 3.54. The summed E-state index contributed by atoms with van der Waals surface area (Å²) in [5, 5.41) is 5.91. The van der Waals surface area contributed by atoms with E-state index in [1.165, 1.54) is 16.3 Å². The zero-order valence-electron chi connectivity index (χ0n) is 12.5. The van der Waals surface area contributed by atoms with E-state index in [4.69, 9.17) is 9.47 Å². The first-order valence-electron chi connectivity index (χ1n) is 7.13. The van der Waals surface area contributed by atoms with Crippen molar-refractivity contribution in [1.29, 1.82) is 0 Å². The Hall–Kier alpha value is -1.58. The summed E-state index contributed by atoms with van der Waals surface area (Å²) >= 11 is 0. The van der Waals surface area contributed by atoms with Gasteiger partial charge < -0.3 is 14.8 Å². The van der Waals surface area contributed by atoms with Gasteiger partial charge in [0.05, 0.1) is 13.7 Å². The standard InChI is InChI=1S/C17H23NO2/c1-4-20-10-9-18-13(2)14-5-6-16-12-17(19-3)8-7-15(16)11-14/h5-8,11-13,18H,4,9-10H2,1-3H3. The molecule has 0 bridgehead atoms. The molecule has 0 heterocycles. The third kappa shape index (κ3) is 3.71. The van der Waals surface area contributed by atoms with Crippen molar-refractivity contribution in [2.75, 3.05) is 26.9 Å². The second kappa shape index (κ2) is 7.27. The molecule has 0 spiro atoms. The van der Waals surface area contributed by atoms with Crippen molar-refractivity contribution in [3.8, 4) is 5.75 Å². The number of hydrogen-bond acceptors (Lipinski definition) is 3. The fourth-order valence-electron chi connectivity index (χ4n) is 2.25. The highest BCUT2D eigenvalue weighted by Gasteiger charge is 2.05. The number of nitrogens with one attached hydrogen (secondary N) is 1. The van der Waals surface area contributed by atoms with Crippen molar-refractivity contribution in [3.63, 3.8) is 0 Å². The third-order valence-electron chi connectivity index (χ3n) is 3.47. The van der Waals surface area contributed by atoms with E-state index in [0.29, 0.717) is 6.04 Å². The topological polar surface area (TPSA) is 30.5 Å². The molecule has 2 aromatic rings. The molecule has 3 nitrogen and oxygen atoms in total. The Morgan fingerprint density at radius 2 is 1.85 bits per heavy atom. The molecule has 0 aliphatic carbocycles.